The Kier molecular flexibility index (Phi) is 3.74. The van der Waals surface area contributed by atoms with Crippen molar-refractivity contribution < 1.29 is 12.8 Å². The first kappa shape index (κ1) is 13.5. The number of hydrogen-bond acceptors (Lipinski definition) is 3. The van der Waals surface area contributed by atoms with E-state index in [2.05, 4.69) is 15.9 Å². The molecule has 2 rings (SSSR count). The normalized spacial score (nSPS) is 17.0. The zero-order valence-corrected chi connectivity index (χ0v) is 11.8. The van der Waals surface area contributed by atoms with Gasteiger partial charge in [0.25, 0.3) is 0 Å². The van der Waals surface area contributed by atoms with Crippen molar-refractivity contribution in [1.82, 2.24) is 4.31 Å². The van der Waals surface area contributed by atoms with Gasteiger partial charge in [-0.3, -0.25) is 0 Å². The second-order valence-electron chi connectivity index (χ2n) is 3.93. The van der Waals surface area contributed by atoms with Crippen molar-refractivity contribution in [3.63, 3.8) is 0 Å². The Bertz CT molecular complexity index is 601. The molecule has 1 aromatic rings. The van der Waals surface area contributed by atoms with Gasteiger partial charge in [0.1, 0.15) is 10.7 Å². The molecule has 0 bridgehead atoms. The van der Waals surface area contributed by atoms with Gasteiger partial charge in [-0.25, -0.2) is 12.8 Å². The van der Waals surface area contributed by atoms with Crippen molar-refractivity contribution in [3.05, 3.63) is 34.6 Å². The smallest absolute Gasteiger partial charge is 0.245 e. The predicted molar refractivity (Wildman–Crippen MR) is 71.0 cm³/mol. The lowest BCUT2D eigenvalue weighted by Gasteiger charge is -2.23. The average molecular weight is 335 g/mol. The Morgan fingerprint density at radius 3 is 2.67 bits per heavy atom. The van der Waals surface area contributed by atoms with Crippen molar-refractivity contribution >= 4 is 31.6 Å². The Balaban J connectivity index is 2.47. The van der Waals surface area contributed by atoms with E-state index in [9.17, 15) is 12.8 Å². The minimum Gasteiger partial charge on any atom is -0.398 e. The van der Waals surface area contributed by atoms with Gasteiger partial charge in [0, 0.05) is 13.1 Å². The summed E-state index contributed by atoms with van der Waals surface area (Å²) in [6.45, 7) is 0.726. The molecule has 0 radical (unpaired) electrons. The summed E-state index contributed by atoms with van der Waals surface area (Å²) >= 11 is 2.97. The molecule has 98 valence electrons. The molecule has 0 unspecified atom stereocenters. The number of halogens is 2. The van der Waals surface area contributed by atoms with Crippen LogP contribution in [0.15, 0.2) is 33.7 Å². The molecule has 0 amide bonds. The van der Waals surface area contributed by atoms with Crippen molar-refractivity contribution in [3.8, 4) is 0 Å². The quantitative estimate of drug-likeness (QED) is 0.665. The van der Waals surface area contributed by atoms with E-state index in [0.29, 0.717) is 19.5 Å². The average Bonchev–Trinajstić information content (AvgIpc) is 2.34. The Hall–Kier alpha value is -0.920. The molecular weight excluding hydrogens is 323 g/mol. The van der Waals surface area contributed by atoms with Gasteiger partial charge >= 0.3 is 0 Å². The van der Waals surface area contributed by atoms with Gasteiger partial charge in [-0.05, 0) is 34.5 Å². The van der Waals surface area contributed by atoms with Crippen LogP contribution < -0.4 is 5.73 Å². The number of hydrogen-bond donors (Lipinski definition) is 1. The number of rotatable bonds is 2. The van der Waals surface area contributed by atoms with Crippen LogP contribution >= 0.6 is 15.9 Å². The van der Waals surface area contributed by atoms with Gasteiger partial charge in [0.2, 0.25) is 10.0 Å². The van der Waals surface area contributed by atoms with E-state index >= 15 is 0 Å². The lowest BCUT2D eigenvalue weighted by atomic mass is 10.3. The van der Waals surface area contributed by atoms with E-state index in [-0.39, 0.29) is 15.1 Å². The number of nitrogens with zero attached hydrogens (tertiary/aromatic N) is 1. The van der Waals surface area contributed by atoms with Crippen molar-refractivity contribution in [1.29, 1.82) is 0 Å². The molecule has 0 saturated heterocycles. The van der Waals surface area contributed by atoms with E-state index in [4.69, 9.17) is 5.73 Å². The molecule has 0 aliphatic carbocycles. The highest BCUT2D eigenvalue weighted by Gasteiger charge is 2.27. The van der Waals surface area contributed by atoms with E-state index < -0.39 is 15.8 Å². The summed E-state index contributed by atoms with van der Waals surface area (Å²) in [4.78, 5) is -0.0638. The molecule has 4 nitrogen and oxygen atoms in total. The number of nitrogens with two attached hydrogens (primary N) is 1. The summed E-state index contributed by atoms with van der Waals surface area (Å²) in [6, 6.07) is 2.22. The predicted octanol–water partition coefficient (Wildman–Crippen LogP) is 2.12. The van der Waals surface area contributed by atoms with E-state index in [1.54, 1.807) is 6.08 Å². The highest BCUT2D eigenvalue weighted by Crippen LogP contribution is 2.29. The van der Waals surface area contributed by atoms with Gasteiger partial charge in [-0.2, -0.15) is 4.31 Å². The summed E-state index contributed by atoms with van der Waals surface area (Å²) < 4.78 is 39.3. The fraction of sp³-hybridized carbons (Fsp3) is 0.273. The van der Waals surface area contributed by atoms with Crippen LogP contribution in [-0.4, -0.2) is 25.8 Å². The van der Waals surface area contributed by atoms with Gasteiger partial charge in [-0.15, -0.1) is 0 Å². The van der Waals surface area contributed by atoms with Crippen LogP contribution in [0.4, 0.5) is 10.1 Å². The third kappa shape index (κ3) is 2.43. The highest BCUT2D eigenvalue weighted by atomic mass is 79.9. The third-order valence-electron chi connectivity index (χ3n) is 2.69. The number of anilines is 1. The van der Waals surface area contributed by atoms with Crippen LogP contribution in [0.3, 0.4) is 0 Å². The molecule has 7 heteroatoms. The van der Waals surface area contributed by atoms with Crippen LogP contribution in [0.5, 0.6) is 0 Å². The summed E-state index contributed by atoms with van der Waals surface area (Å²) in [7, 11) is -3.67. The maximum Gasteiger partial charge on any atom is 0.245 e. The molecule has 1 aliphatic heterocycles. The van der Waals surface area contributed by atoms with Crippen LogP contribution in [0.1, 0.15) is 6.42 Å². The number of nitrogen functional groups attached to an aromatic ring is 1. The number of sulfonamides is 1. The van der Waals surface area contributed by atoms with Gasteiger partial charge in [0.15, 0.2) is 0 Å². The van der Waals surface area contributed by atoms with Crippen LogP contribution in [0, 0.1) is 5.82 Å². The van der Waals surface area contributed by atoms with E-state index in [0.717, 1.165) is 6.07 Å². The summed E-state index contributed by atoms with van der Waals surface area (Å²) in [6.07, 6.45) is 4.38. The summed E-state index contributed by atoms with van der Waals surface area (Å²) in [5.74, 6) is -0.579. The topological polar surface area (TPSA) is 63.4 Å². The van der Waals surface area contributed by atoms with Gasteiger partial charge < -0.3 is 5.73 Å². The van der Waals surface area contributed by atoms with Crippen molar-refractivity contribution in [2.45, 2.75) is 11.3 Å². The molecule has 0 fully saturated rings. The SMILES string of the molecule is Nc1cc(F)c(Br)cc1S(=O)(=O)N1CC=CCC1. The minimum absolute atomic E-state index is 0.0638. The number of benzene rings is 1. The van der Waals surface area contributed by atoms with E-state index in [1.807, 2.05) is 6.08 Å². The molecule has 1 aromatic carbocycles. The first-order chi connectivity index (χ1) is 8.43. The molecule has 18 heavy (non-hydrogen) atoms. The van der Waals surface area contributed by atoms with Crippen molar-refractivity contribution in [2.24, 2.45) is 0 Å². The molecule has 0 saturated carbocycles. The monoisotopic (exact) mass is 334 g/mol. The maximum absolute atomic E-state index is 13.2. The lowest BCUT2D eigenvalue weighted by molar-refractivity contribution is 0.437. The molecular formula is C11H12BrFN2O2S. The lowest BCUT2D eigenvalue weighted by Crippen LogP contribution is -2.34. The van der Waals surface area contributed by atoms with Gasteiger partial charge in [0.05, 0.1) is 10.2 Å². The summed E-state index contributed by atoms with van der Waals surface area (Å²) in [5.41, 5.74) is 5.52. The molecule has 0 spiro atoms. The first-order valence-electron chi connectivity index (χ1n) is 5.32. The fourth-order valence-electron chi connectivity index (χ4n) is 1.74. The van der Waals surface area contributed by atoms with Crippen LogP contribution in [-0.2, 0) is 10.0 Å². The fourth-order valence-corrected chi connectivity index (χ4v) is 3.77. The molecule has 0 aromatic heterocycles. The van der Waals surface area contributed by atoms with Crippen LogP contribution in [0.25, 0.3) is 0 Å². The first-order valence-corrected chi connectivity index (χ1v) is 7.56. The molecule has 1 heterocycles. The van der Waals surface area contributed by atoms with Crippen molar-refractivity contribution in [2.75, 3.05) is 18.8 Å². The Labute approximate surface area is 113 Å². The van der Waals surface area contributed by atoms with E-state index in [1.165, 1.54) is 10.4 Å². The highest BCUT2D eigenvalue weighted by molar-refractivity contribution is 9.10. The maximum atomic E-state index is 13.2. The molecule has 2 N–H and O–H groups in total. The zero-order chi connectivity index (χ0) is 13.3. The van der Waals surface area contributed by atoms with Gasteiger partial charge in [-0.1, -0.05) is 12.2 Å². The second-order valence-corrected chi connectivity index (χ2v) is 6.69. The largest absolute Gasteiger partial charge is 0.398 e. The Morgan fingerprint density at radius 2 is 2.06 bits per heavy atom. The molecule has 1 aliphatic rings. The third-order valence-corrected chi connectivity index (χ3v) is 5.22. The second kappa shape index (κ2) is 4.99. The zero-order valence-electron chi connectivity index (χ0n) is 9.44. The van der Waals surface area contributed by atoms with Crippen LogP contribution in [0.2, 0.25) is 0 Å². The Morgan fingerprint density at radius 1 is 1.33 bits per heavy atom. The molecule has 0 atom stereocenters. The standard InChI is InChI=1S/C11H12BrFN2O2S/c12-8-6-11(10(14)7-9(8)13)18(16,17)15-4-2-1-3-5-15/h1-2,6-7H,3-5,14H2. The summed E-state index contributed by atoms with van der Waals surface area (Å²) in [5, 5.41) is 0. The minimum atomic E-state index is -3.67.